The van der Waals surface area contributed by atoms with E-state index < -0.39 is 5.97 Å². The highest BCUT2D eigenvalue weighted by atomic mass is 32.1. The molecular weight excluding hydrogens is 300 g/mol. The summed E-state index contributed by atoms with van der Waals surface area (Å²) in [5.41, 5.74) is 1.09. The highest BCUT2D eigenvalue weighted by molar-refractivity contribution is 7.14. The maximum Gasteiger partial charge on any atom is 0.345 e. The van der Waals surface area contributed by atoms with Crippen molar-refractivity contribution in [2.45, 2.75) is 45.7 Å². The van der Waals surface area contributed by atoms with Gasteiger partial charge in [-0.15, -0.1) is 11.3 Å². The second-order valence-corrected chi connectivity index (χ2v) is 7.84. The summed E-state index contributed by atoms with van der Waals surface area (Å²) in [6.07, 6.45) is 2.69. The highest BCUT2D eigenvalue weighted by Crippen LogP contribution is 2.29. The van der Waals surface area contributed by atoms with Gasteiger partial charge in [-0.05, 0) is 18.1 Å². The standard InChI is InChI=1S/C16H20N2O3S/c1-16(2,3)15-17-7-11(21-15)8-18-5-4-10-6-12(14(19)20)22-13(10)9-18/h6-7H,4-5,8-9H2,1-3H3,(H,19,20). The summed E-state index contributed by atoms with van der Waals surface area (Å²) in [7, 11) is 0. The number of nitrogens with zero attached hydrogens (tertiary/aromatic N) is 2. The predicted molar refractivity (Wildman–Crippen MR) is 84.3 cm³/mol. The third-order valence-electron chi connectivity index (χ3n) is 3.75. The van der Waals surface area contributed by atoms with Crippen LogP contribution in [0.3, 0.4) is 0 Å². The molecule has 0 fully saturated rings. The number of carboxylic acids is 1. The summed E-state index contributed by atoms with van der Waals surface area (Å²) in [6, 6.07) is 1.81. The van der Waals surface area contributed by atoms with E-state index in [1.807, 2.05) is 6.07 Å². The van der Waals surface area contributed by atoms with Gasteiger partial charge in [0.15, 0.2) is 5.89 Å². The first-order chi connectivity index (χ1) is 10.3. The zero-order valence-electron chi connectivity index (χ0n) is 13.0. The minimum atomic E-state index is -0.837. The molecule has 0 aromatic carbocycles. The smallest absolute Gasteiger partial charge is 0.345 e. The average Bonchev–Trinajstić information content (AvgIpc) is 3.03. The lowest BCUT2D eigenvalue weighted by molar-refractivity contribution is 0.0702. The van der Waals surface area contributed by atoms with Gasteiger partial charge in [-0.1, -0.05) is 20.8 Å². The van der Waals surface area contributed by atoms with Gasteiger partial charge in [0.25, 0.3) is 0 Å². The third kappa shape index (κ3) is 3.08. The number of rotatable bonds is 3. The molecule has 3 heterocycles. The number of oxazole rings is 1. The number of hydrogen-bond acceptors (Lipinski definition) is 5. The highest BCUT2D eigenvalue weighted by Gasteiger charge is 2.24. The minimum Gasteiger partial charge on any atom is -0.477 e. The molecule has 3 rings (SSSR count). The molecule has 0 amide bonds. The molecule has 5 nitrogen and oxygen atoms in total. The van der Waals surface area contributed by atoms with Crippen LogP contribution in [0.25, 0.3) is 0 Å². The molecule has 0 aliphatic carbocycles. The minimum absolute atomic E-state index is 0.0859. The van der Waals surface area contributed by atoms with E-state index in [1.54, 1.807) is 6.20 Å². The molecule has 0 unspecified atom stereocenters. The maximum atomic E-state index is 11.1. The summed E-state index contributed by atoms with van der Waals surface area (Å²) in [4.78, 5) is 19.3. The fourth-order valence-electron chi connectivity index (χ4n) is 2.56. The van der Waals surface area contributed by atoms with E-state index in [-0.39, 0.29) is 5.41 Å². The average molecular weight is 320 g/mol. The molecule has 22 heavy (non-hydrogen) atoms. The monoisotopic (exact) mass is 320 g/mol. The second kappa shape index (κ2) is 5.52. The third-order valence-corrected chi connectivity index (χ3v) is 4.90. The fourth-order valence-corrected chi connectivity index (χ4v) is 3.65. The topological polar surface area (TPSA) is 66.6 Å². The van der Waals surface area contributed by atoms with Crippen molar-refractivity contribution < 1.29 is 14.3 Å². The first-order valence-electron chi connectivity index (χ1n) is 7.35. The SMILES string of the molecule is CC(C)(C)c1ncc(CN2CCc3cc(C(=O)O)sc3C2)o1. The molecule has 6 heteroatoms. The van der Waals surface area contributed by atoms with Crippen LogP contribution in [0.5, 0.6) is 0 Å². The lowest BCUT2D eigenvalue weighted by Gasteiger charge is -2.25. The van der Waals surface area contributed by atoms with Gasteiger partial charge < -0.3 is 9.52 Å². The Balaban J connectivity index is 1.70. The molecule has 0 spiro atoms. The Morgan fingerprint density at radius 2 is 2.27 bits per heavy atom. The van der Waals surface area contributed by atoms with Crippen LogP contribution in [0.4, 0.5) is 0 Å². The van der Waals surface area contributed by atoms with Crippen LogP contribution in [0.1, 0.15) is 52.5 Å². The second-order valence-electron chi connectivity index (χ2n) is 6.71. The first-order valence-corrected chi connectivity index (χ1v) is 8.17. The molecule has 1 N–H and O–H groups in total. The van der Waals surface area contributed by atoms with E-state index in [9.17, 15) is 4.79 Å². The molecular formula is C16H20N2O3S. The normalized spacial score (nSPS) is 15.8. The van der Waals surface area contributed by atoms with Crippen LogP contribution >= 0.6 is 11.3 Å². The molecule has 0 saturated heterocycles. The molecule has 2 aromatic rings. The summed E-state index contributed by atoms with van der Waals surface area (Å²) < 4.78 is 5.84. The number of carboxylic acid groups (broad SMARTS) is 1. The molecule has 0 bridgehead atoms. The number of thiophene rings is 1. The van der Waals surface area contributed by atoms with Crippen molar-refractivity contribution in [3.8, 4) is 0 Å². The molecule has 0 saturated carbocycles. The van der Waals surface area contributed by atoms with Gasteiger partial charge in [0.05, 0.1) is 12.7 Å². The number of aromatic carboxylic acids is 1. The summed E-state index contributed by atoms with van der Waals surface area (Å²) in [5, 5.41) is 9.09. The van der Waals surface area contributed by atoms with Crippen molar-refractivity contribution in [1.29, 1.82) is 0 Å². The van der Waals surface area contributed by atoms with E-state index in [2.05, 4.69) is 30.7 Å². The maximum absolute atomic E-state index is 11.1. The molecule has 1 aliphatic rings. The Bertz CT molecular complexity index is 697. The van der Waals surface area contributed by atoms with Gasteiger partial charge in [-0.2, -0.15) is 0 Å². The number of fused-ring (bicyclic) bond motifs is 1. The Morgan fingerprint density at radius 1 is 1.50 bits per heavy atom. The zero-order chi connectivity index (χ0) is 15.9. The first kappa shape index (κ1) is 15.2. The van der Waals surface area contributed by atoms with Gasteiger partial charge in [0.2, 0.25) is 0 Å². The van der Waals surface area contributed by atoms with Crippen molar-refractivity contribution >= 4 is 17.3 Å². The lowest BCUT2D eigenvalue weighted by atomic mass is 9.97. The predicted octanol–water partition coefficient (Wildman–Crippen LogP) is 3.29. The Kier molecular flexibility index (Phi) is 3.82. The summed E-state index contributed by atoms with van der Waals surface area (Å²) in [6.45, 7) is 8.63. The Morgan fingerprint density at radius 3 is 2.91 bits per heavy atom. The van der Waals surface area contributed by atoms with E-state index in [0.717, 1.165) is 36.0 Å². The Hall–Kier alpha value is -1.66. The van der Waals surface area contributed by atoms with Gasteiger partial charge in [0, 0.05) is 23.4 Å². The van der Waals surface area contributed by atoms with Crippen LogP contribution in [-0.4, -0.2) is 27.5 Å². The van der Waals surface area contributed by atoms with Crippen LogP contribution in [-0.2, 0) is 24.9 Å². The molecule has 0 atom stereocenters. The van der Waals surface area contributed by atoms with E-state index >= 15 is 0 Å². The largest absolute Gasteiger partial charge is 0.477 e. The molecule has 2 aromatic heterocycles. The van der Waals surface area contributed by atoms with Gasteiger partial charge >= 0.3 is 5.97 Å². The number of hydrogen-bond donors (Lipinski definition) is 1. The molecule has 0 radical (unpaired) electrons. The van der Waals surface area contributed by atoms with E-state index in [0.29, 0.717) is 11.4 Å². The number of carbonyl (C=O) groups is 1. The van der Waals surface area contributed by atoms with Crippen LogP contribution in [0.2, 0.25) is 0 Å². The van der Waals surface area contributed by atoms with Crippen LogP contribution < -0.4 is 0 Å². The van der Waals surface area contributed by atoms with Crippen molar-refractivity contribution in [2.75, 3.05) is 6.54 Å². The van der Waals surface area contributed by atoms with Gasteiger partial charge in [-0.3, -0.25) is 4.90 Å². The van der Waals surface area contributed by atoms with Crippen molar-refractivity contribution in [1.82, 2.24) is 9.88 Å². The molecule has 118 valence electrons. The zero-order valence-corrected chi connectivity index (χ0v) is 13.9. The number of aromatic nitrogens is 1. The summed E-state index contributed by atoms with van der Waals surface area (Å²) >= 11 is 1.38. The summed E-state index contributed by atoms with van der Waals surface area (Å²) in [5.74, 6) is 0.781. The van der Waals surface area contributed by atoms with E-state index in [1.165, 1.54) is 16.9 Å². The van der Waals surface area contributed by atoms with Crippen molar-refractivity contribution in [3.05, 3.63) is 39.2 Å². The molecule has 1 aliphatic heterocycles. The van der Waals surface area contributed by atoms with Gasteiger partial charge in [-0.25, -0.2) is 9.78 Å². The quantitative estimate of drug-likeness (QED) is 0.940. The van der Waals surface area contributed by atoms with Crippen molar-refractivity contribution in [2.24, 2.45) is 0 Å². The van der Waals surface area contributed by atoms with Crippen LogP contribution in [0, 0.1) is 0 Å². The lowest BCUT2D eigenvalue weighted by Crippen LogP contribution is -2.28. The van der Waals surface area contributed by atoms with Crippen LogP contribution in [0.15, 0.2) is 16.7 Å². The van der Waals surface area contributed by atoms with Crippen molar-refractivity contribution in [3.63, 3.8) is 0 Å². The van der Waals surface area contributed by atoms with E-state index in [4.69, 9.17) is 9.52 Å². The van der Waals surface area contributed by atoms with Gasteiger partial charge in [0.1, 0.15) is 10.6 Å². The fraction of sp³-hybridized carbons (Fsp3) is 0.500. The Labute approximate surface area is 133 Å².